The summed E-state index contributed by atoms with van der Waals surface area (Å²) in [6, 6.07) is 0.454. The fourth-order valence-electron chi connectivity index (χ4n) is 2.85. The molecular formula is C12H24N2O. The Balaban J connectivity index is 1.67. The summed E-state index contributed by atoms with van der Waals surface area (Å²) in [5, 5.41) is 9.22. The van der Waals surface area contributed by atoms with Gasteiger partial charge in [0.2, 0.25) is 0 Å². The lowest BCUT2D eigenvalue weighted by molar-refractivity contribution is 0.134. The van der Waals surface area contributed by atoms with Gasteiger partial charge in [0.25, 0.3) is 0 Å². The van der Waals surface area contributed by atoms with Crippen molar-refractivity contribution in [2.24, 2.45) is 0 Å². The van der Waals surface area contributed by atoms with Crippen LogP contribution in [0.1, 0.15) is 32.1 Å². The summed E-state index contributed by atoms with van der Waals surface area (Å²) >= 11 is 0. The Labute approximate surface area is 93.1 Å². The van der Waals surface area contributed by atoms with Gasteiger partial charge in [0.05, 0.1) is 6.61 Å². The molecule has 1 unspecified atom stereocenters. The van der Waals surface area contributed by atoms with E-state index in [1.54, 1.807) is 0 Å². The fourth-order valence-corrected chi connectivity index (χ4v) is 2.85. The standard InChI is InChI=1S/C12H24N2O/c15-11-12-5-4-8-14(12)10-9-13-6-2-1-3-7-13/h12,15H,1-11H2. The highest BCUT2D eigenvalue weighted by molar-refractivity contribution is 4.79. The molecule has 0 aromatic heterocycles. The fraction of sp³-hybridized carbons (Fsp3) is 1.00. The summed E-state index contributed by atoms with van der Waals surface area (Å²) in [7, 11) is 0. The molecule has 0 radical (unpaired) electrons. The first-order chi connectivity index (χ1) is 7.40. The highest BCUT2D eigenvalue weighted by Crippen LogP contribution is 2.16. The first kappa shape index (κ1) is 11.4. The Hall–Kier alpha value is -0.120. The van der Waals surface area contributed by atoms with E-state index < -0.39 is 0 Å². The number of aliphatic hydroxyl groups excluding tert-OH is 1. The van der Waals surface area contributed by atoms with Crippen LogP contribution < -0.4 is 0 Å². The Morgan fingerprint density at radius 2 is 1.73 bits per heavy atom. The van der Waals surface area contributed by atoms with Crippen molar-refractivity contribution in [1.29, 1.82) is 0 Å². The maximum Gasteiger partial charge on any atom is 0.0586 e. The molecule has 0 saturated carbocycles. The van der Waals surface area contributed by atoms with Crippen molar-refractivity contribution >= 4 is 0 Å². The number of nitrogens with zero attached hydrogens (tertiary/aromatic N) is 2. The zero-order valence-electron chi connectivity index (χ0n) is 9.70. The van der Waals surface area contributed by atoms with Crippen LogP contribution in [0.4, 0.5) is 0 Å². The highest BCUT2D eigenvalue weighted by Gasteiger charge is 2.23. The third-order valence-corrected chi connectivity index (χ3v) is 3.86. The van der Waals surface area contributed by atoms with Crippen LogP contribution in [0.5, 0.6) is 0 Å². The summed E-state index contributed by atoms with van der Waals surface area (Å²) in [4.78, 5) is 5.05. The van der Waals surface area contributed by atoms with Crippen molar-refractivity contribution in [1.82, 2.24) is 9.80 Å². The zero-order valence-corrected chi connectivity index (χ0v) is 9.70. The molecule has 2 saturated heterocycles. The van der Waals surface area contributed by atoms with Crippen molar-refractivity contribution in [3.8, 4) is 0 Å². The van der Waals surface area contributed by atoms with Gasteiger partial charge in [-0.25, -0.2) is 0 Å². The minimum Gasteiger partial charge on any atom is -0.395 e. The molecule has 0 aromatic carbocycles. The van der Waals surface area contributed by atoms with Gasteiger partial charge in [0.15, 0.2) is 0 Å². The van der Waals surface area contributed by atoms with Crippen LogP contribution >= 0.6 is 0 Å². The highest BCUT2D eigenvalue weighted by atomic mass is 16.3. The predicted octanol–water partition coefficient (Wildman–Crippen LogP) is 0.929. The van der Waals surface area contributed by atoms with E-state index in [1.807, 2.05) is 0 Å². The Morgan fingerprint density at radius 1 is 0.933 bits per heavy atom. The van der Waals surface area contributed by atoms with Crippen LogP contribution in [0, 0.1) is 0 Å². The molecule has 2 heterocycles. The van der Waals surface area contributed by atoms with E-state index in [9.17, 15) is 5.11 Å². The van der Waals surface area contributed by atoms with Gasteiger partial charge < -0.3 is 10.0 Å². The summed E-state index contributed by atoms with van der Waals surface area (Å²) in [5.41, 5.74) is 0. The van der Waals surface area contributed by atoms with Gasteiger partial charge in [-0.3, -0.25) is 4.90 Å². The molecule has 0 aliphatic carbocycles. The van der Waals surface area contributed by atoms with Crippen LogP contribution in [0.25, 0.3) is 0 Å². The zero-order chi connectivity index (χ0) is 10.5. The van der Waals surface area contributed by atoms with Crippen molar-refractivity contribution in [2.45, 2.75) is 38.1 Å². The van der Waals surface area contributed by atoms with Gasteiger partial charge in [-0.1, -0.05) is 6.42 Å². The summed E-state index contributed by atoms with van der Waals surface area (Å²) < 4.78 is 0. The maximum atomic E-state index is 9.22. The van der Waals surface area contributed by atoms with E-state index in [0.717, 1.165) is 6.54 Å². The number of hydrogen-bond acceptors (Lipinski definition) is 3. The number of rotatable bonds is 4. The summed E-state index contributed by atoms with van der Waals surface area (Å²) in [6.07, 6.45) is 6.63. The first-order valence-electron chi connectivity index (χ1n) is 6.47. The predicted molar refractivity (Wildman–Crippen MR) is 62.0 cm³/mol. The van der Waals surface area contributed by atoms with Crippen molar-refractivity contribution in [3.05, 3.63) is 0 Å². The second-order valence-electron chi connectivity index (χ2n) is 4.92. The minimum absolute atomic E-state index is 0.347. The van der Waals surface area contributed by atoms with Gasteiger partial charge >= 0.3 is 0 Å². The van der Waals surface area contributed by atoms with E-state index in [1.165, 1.54) is 58.3 Å². The molecule has 0 spiro atoms. The smallest absolute Gasteiger partial charge is 0.0586 e. The van der Waals surface area contributed by atoms with Gasteiger partial charge in [-0.2, -0.15) is 0 Å². The topological polar surface area (TPSA) is 26.7 Å². The van der Waals surface area contributed by atoms with Crippen molar-refractivity contribution in [2.75, 3.05) is 39.3 Å². The molecule has 3 nitrogen and oxygen atoms in total. The Bertz CT molecular complexity index is 180. The number of aliphatic hydroxyl groups is 1. The van der Waals surface area contributed by atoms with Crippen LogP contribution in [-0.4, -0.2) is 60.3 Å². The van der Waals surface area contributed by atoms with Gasteiger partial charge in [0, 0.05) is 19.1 Å². The lowest BCUT2D eigenvalue weighted by Crippen LogP contribution is -2.40. The Kier molecular flexibility index (Phi) is 4.42. The van der Waals surface area contributed by atoms with Gasteiger partial charge in [0.1, 0.15) is 0 Å². The number of hydrogen-bond donors (Lipinski definition) is 1. The number of piperidine rings is 1. The molecule has 2 aliphatic heterocycles. The van der Waals surface area contributed by atoms with Crippen LogP contribution in [0.2, 0.25) is 0 Å². The molecule has 2 fully saturated rings. The van der Waals surface area contributed by atoms with E-state index in [0.29, 0.717) is 12.6 Å². The minimum atomic E-state index is 0.347. The van der Waals surface area contributed by atoms with E-state index in [-0.39, 0.29) is 0 Å². The molecule has 2 rings (SSSR count). The molecule has 1 N–H and O–H groups in total. The largest absolute Gasteiger partial charge is 0.395 e. The van der Waals surface area contributed by atoms with Crippen molar-refractivity contribution in [3.63, 3.8) is 0 Å². The third-order valence-electron chi connectivity index (χ3n) is 3.86. The molecular weight excluding hydrogens is 188 g/mol. The molecule has 1 atom stereocenters. The van der Waals surface area contributed by atoms with Gasteiger partial charge in [-0.05, 0) is 45.3 Å². The Morgan fingerprint density at radius 3 is 2.47 bits per heavy atom. The average molecular weight is 212 g/mol. The third kappa shape index (κ3) is 3.16. The first-order valence-corrected chi connectivity index (χ1v) is 6.47. The summed E-state index contributed by atoms with van der Waals surface area (Å²) in [5.74, 6) is 0. The molecule has 0 bridgehead atoms. The molecule has 0 amide bonds. The van der Waals surface area contributed by atoms with E-state index >= 15 is 0 Å². The molecule has 88 valence electrons. The quantitative estimate of drug-likeness (QED) is 0.751. The molecule has 3 heteroatoms. The van der Waals surface area contributed by atoms with Crippen molar-refractivity contribution < 1.29 is 5.11 Å². The molecule has 15 heavy (non-hydrogen) atoms. The van der Waals surface area contributed by atoms with Crippen LogP contribution in [0.15, 0.2) is 0 Å². The molecule has 2 aliphatic rings. The maximum absolute atomic E-state index is 9.22. The lowest BCUT2D eigenvalue weighted by Gasteiger charge is -2.30. The summed E-state index contributed by atoms with van der Waals surface area (Å²) in [6.45, 7) is 6.48. The van der Waals surface area contributed by atoms with E-state index in [4.69, 9.17) is 0 Å². The monoisotopic (exact) mass is 212 g/mol. The van der Waals surface area contributed by atoms with E-state index in [2.05, 4.69) is 9.80 Å². The van der Waals surface area contributed by atoms with Gasteiger partial charge in [-0.15, -0.1) is 0 Å². The average Bonchev–Trinajstić information content (AvgIpc) is 2.75. The second-order valence-corrected chi connectivity index (χ2v) is 4.92. The number of likely N-dealkylation sites (tertiary alicyclic amines) is 2. The van der Waals surface area contributed by atoms with Crippen LogP contribution in [0.3, 0.4) is 0 Å². The normalized spacial score (nSPS) is 29.8. The molecule has 0 aromatic rings. The SMILES string of the molecule is OCC1CCCN1CCN1CCCCC1. The van der Waals surface area contributed by atoms with Crippen LogP contribution in [-0.2, 0) is 0 Å². The lowest BCUT2D eigenvalue weighted by atomic mass is 10.1. The second kappa shape index (κ2) is 5.83.